The van der Waals surface area contributed by atoms with E-state index in [0.717, 1.165) is 6.54 Å². The first-order chi connectivity index (χ1) is 20.4. The Kier molecular flexibility index (Phi) is 18.1. The summed E-state index contributed by atoms with van der Waals surface area (Å²) >= 11 is 0. The molecule has 2 radical (unpaired) electrons. The van der Waals surface area contributed by atoms with Gasteiger partial charge in [0.2, 0.25) is 17.9 Å². The van der Waals surface area contributed by atoms with Gasteiger partial charge in [-0.05, 0) is 42.2 Å². The molecule has 0 spiro atoms. The van der Waals surface area contributed by atoms with E-state index in [0.29, 0.717) is 0 Å². The monoisotopic (exact) mass is 818 g/mol. The van der Waals surface area contributed by atoms with E-state index in [1.54, 1.807) is 0 Å². The molecular weight excluding hydrogens is 772 g/mol. The molecule has 0 amide bonds. The third-order valence-electron chi connectivity index (χ3n) is 5.91. The summed E-state index contributed by atoms with van der Waals surface area (Å²) in [6, 6.07) is 55.4. The molecule has 0 heterocycles. The van der Waals surface area contributed by atoms with Crippen LogP contribution in [0.2, 0.25) is 0 Å². The molecule has 1 nitrogen and oxygen atoms in total. The third kappa shape index (κ3) is 13.3. The fourth-order valence-electron chi connectivity index (χ4n) is 4.38. The van der Waals surface area contributed by atoms with Gasteiger partial charge in [-0.3, -0.25) is 0 Å². The Balaban J connectivity index is 0.000000642. The van der Waals surface area contributed by atoms with Gasteiger partial charge in [0.05, 0.1) is 0 Å². The summed E-state index contributed by atoms with van der Waals surface area (Å²) in [7, 11) is -2.26. The minimum atomic E-state index is -1.25. The molecule has 0 bridgehead atoms. The molecule has 0 saturated carbocycles. The Morgan fingerprint density at radius 2 is 0.605 bits per heavy atom. The Bertz CT molecular complexity index is 1200. The van der Waals surface area contributed by atoms with Crippen molar-refractivity contribution in [3.63, 3.8) is 0 Å². The average molecular weight is 819 g/mol. The SMILES string of the molecule is C[PH+](C)C.C[PH+](C)C.[Pt].c1ccc(CN([Si](c2ccccc2)c2ccccc2)[Si](c2ccccc2)c2ccccc2)cc1. The van der Waals surface area contributed by atoms with Crippen molar-refractivity contribution in [2.45, 2.75) is 6.54 Å². The summed E-state index contributed by atoms with van der Waals surface area (Å²) in [6.45, 7) is 14.5. The molecule has 5 aromatic rings. The second-order valence-electron chi connectivity index (χ2n) is 11.2. The van der Waals surface area contributed by atoms with Gasteiger partial charge in [-0.15, -0.1) is 0 Å². The number of rotatable bonds is 8. The molecule has 0 fully saturated rings. The summed E-state index contributed by atoms with van der Waals surface area (Å²) < 4.78 is 2.85. The quantitative estimate of drug-likeness (QED) is 0.132. The van der Waals surface area contributed by atoms with Gasteiger partial charge in [0.1, 0.15) is 0 Å². The van der Waals surface area contributed by atoms with Crippen LogP contribution >= 0.6 is 15.8 Å². The summed E-state index contributed by atoms with van der Waals surface area (Å²) in [5, 5.41) is 5.68. The van der Waals surface area contributed by atoms with Gasteiger partial charge in [0, 0.05) is 67.6 Å². The molecule has 5 aromatic carbocycles. The predicted octanol–water partition coefficient (Wildman–Crippen LogP) is 6.28. The summed E-state index contributed by atoms with van der Waals surface area (Å²) in [6.07, 6.45) is 0. The Labute approximate surface area is 281 Å². The fraction of sp³-hybridized carbons (Fsp3) is 0.189. The maximum atomic E-state index is 2.85. The van der Waals surface area contributed by atoms with Crippen LogP contribution in [0.1, 0.15) is 5.56 Å². The molecule has 226 valence electrons. The van der Waals surface area contributed by atoms with Gasteiger partial charge in [0.15, 0.2) is 0 Å². The summed E-state index contributed by atoms with van der Waals surface area (Å²) in [4.78, 5) is 0. The van der Waals surface area contributed by atoms with Crippen molar-refractivity contribution >= 4 is 54.5 Å². The summed E-state index contributed by atoms with van der Waals surface area (Å²) in [5.41, 5.74) is 1.35. The van der Waals surface area contributed by atoms with E-state index in [4.69, 9.17) is 0 Å². The van der Waals surface area contributed by atoms with Crippen LogP contribution in [0.3, 0.4) is 0 Å². The zero-order valence-electron chi connectivity index (χ0n) is 26.4. The maximum Gasteiger partial charge on any atom is 0.202 e. The van der Waals surface area contributed by atoms with Gasteiger partial charge in [-0.2, -0.15) is 0 Å². The fourth-order valence-corrected chi connectivity index (χ4v) is 11.4. The smallest absolute Gasteiger partial charge is 0.202 e. The van der Waals surface area contributed by atoms with E-state index < -0.39 is 17.9 Å². The molecule has 0 aliphatic rings. The Hall–Kier alpha value is -1.96. The van der Waals surface area contributed by atoms with Crippen LogP contribution in [0.4, 0.5) is 0 Å². The molecule has 0 aliphatic carbocycles. The number of hydrogen-bond donors (Lipinski definition) is 0. The minimum Gasteiger partial charge on any atom is -0.328 e. The Morgan fingerprint density at radius 1 is 0.395 bits per heavy atom. The molecule has 0 aliphatic heterocycles. The van der Waals surface area contributed by atoms with Crippen LogP contribution in [-0.2, 0) is 27.6 Å². The number of nitrogens with zero attached hydrogens (tertiary/aromatic N) is 1. The molecule has 0 atom stereocenters. The van der Waals surface area contributed by atoms with Crippen LogP contribution in [0.25, 0.3) is 0 Å². The summed E-state index contributed by atoms with van der Waals surface area (Å²) in [5.74, 6) is 0. The normalized spacial score (nSPS) is 10.6. The van der Waals surface area contributed by atoms with Crippen molar-refractivity contribution in [1.82, 2.24) is 4.23 Å². The van der Waals surface area contributed by atoms with Crippen LogP contribution < -0.4 is 20.7 Å². The molecule has 0 N–H and O–H groups in total. The largest absolute Gasteiger partial charge is 0.328 e. The first-order valence-corrected chi connectivity index (χ1v) is 23.6. The molecule has 0 saturated heterocycles. The van der Waals surface area contributed by atoms with Crippen LogP contribution in [0.5, 0.6) is 0 Å². The molecule has 5 rings (SSSR count). The van der Waals surface area contributed by atoms with E-state index in [1.807, 2.05) is 0 Å². The number of benzene rings is 5. The van der Waals surface area contributed by atoms with Crippen molar-refractivity contribution in [2.75, 3.05) is 40.0 Å². The second kappa shape index (κ2) is 20.9. The van der Waals surface area contributed by atoms with Crippen LogP contribution in [-0.4, -0.2) is 62.1 Å². The molecule has 0 aromatic heterocycles. The molecule has 43 heavy (non-hydrogen) atoms. The third-order valence-corrected chi connectivity index (χ3v) is 12.2. The van der Waals surface area contributed by atoms with E-state index in [1.165, 1.54) is 26.3 Å². The van der Waals surface area contributed by atoms with Gasteiger partial charge < -0.3 is 4.23 Å². The zero-order valence-corrected chi connectivity index (χ0v) is 32.7. The number of hydrogen-bond acceptors (Lipinski definition) is 1. The van der Waals surface area contributed by atoms with Crippen molar-refractivity contribution in [2.24, 2.45) is 0 Å². The molecule has 0 unspecified atom stereocenters. The van der Waals surface area contributed by atoms with Gasteiger partial charge in [-0.25, -0.2) is 0 Å². The van der Waals surface area contributed by atoms with Crippen LogP contribution in [0.15, 0.2) is 152 Å². The topological polar surface area (TPSA) is 3.24 Å². The van der Waals surface area contributed by atoms with Crippen molar-refractivity contribution in [1.29, 1.82) is 0 Å². The maximum absolute atomic E-state index is 2.85. The van der Waals surface area contributed by atoms with Crippen molar-refractivity contribution in [3.05, 3.63) is 157 Å². The van der Waals surface area contributed by atoms with Gasteiger partial charge in [0.25, 0.3) is 0 Å². The average Bonchev–Trinajstić information content (AvgIpc) is 3.00. The van der Waals surface area contributed by atoms with E-state index >= 15 is 0 Å². The Morgan fingerprint density at radius 3 is 0.837 bits per heavy atom. The first kappa shape index (κ1) is 37.2. The standard InChI is InChI=1S/C31H27NSi2.2C3H9P.Pt/c1-6-16-27(17-7-1)26-32(33(28-18-8-2-9-19-28)29-20-10-3-11-21-29)34(30-22-12-4-13-23-30)31-24-14-5-15-25-31;2*1-4(2)3;/h1-25H,26H2;2*1-3H3;/p+2. The van der Waals surface area contributed by atoms with E-state index in [2.05, 4.69) is 196 Å². The molecular formula is C37H47NP2PtSi2+2. The van der Waals surface area contributed by atoms with Crippen molar-refractivity contribution < 1.29 is 21.1 Å². The van der Waals surface area contributed by atoms with Crippen LogP contribution in [0, 0.1) is 0 Å². The second-order valence-corrected chi connectivity index (χ2v) is 22.5. The minimum absolute atomic E-state index is 0. The van der Waals surface area contributed by atoms with Crippen molar-refractivity contribution in [3.8, 4) is 0 Å². The van der Waals surface area contributed by atoms with Gasteiger partial charge in [-0.1, -0.05) is 152 Å². The molecule has 6 heteroatoms. The first-order valence-electron chi connectivity index (χ1n) is 14.7. The van der Waals surface area contributed by atoms with E-state index in [9.17, 15) is 0 Å². The van der Waals surface area contributed by atoms with Gasteiger partial charge >= 0.3 is 0 Å². The zero-order chi connectivity index (χ0) is 30.2. The van der Waals surface area contributed by atoms with E-state index in [-0.39, 0.29) is 36.9 Å². The predicted molar refractivity (Wildman–Crippen MR) is 200 cm³/mol.